The molecule has 5 heteroatoms. The third kappa shape index (κ3) is 4.05. The van der Waals surface area contributed by atoms with Crippen LogP contribution in [0.4, 0.5) is 0 Å². The number of nitrogens with one attached hydrogen (secondary N) is 2. The first-order valence-corrected chi connectivity index (χ1v) is 4.01. The van der Waals surface area contributed by atoms with E-state index >= 15 is 0 Å². The Hall–Kier alpha value is -0.940. The van der Waals surface area contributed by atoms with Crippen LogP contribution in [0, 0.1) is 0 Å². The van der Waals surface area contributed by atoms with E-state index in [1.807, 2.05) is 0 Å². The maximum absolute atomic E-state index is 5.22. The van der Waals surface area contributed by atoms with Crippen molar-refractivity contribution in [2.75, 3.05) is 19.7 Å². The van der Waals surface area contributed by atoms with Gasteiger partial charge in [0.2, 0.25) is 0 Å². The molecule has 0 saturated carbocycles. The van der Waals surface area contributed by atoms with E-state index in [0.717, 1.165) is 19.7 Å². The number of morpholine rings is 1. The number of H-pyrrole nitrogens is 1. The molecule has 0 aromatic carbocycles. The summed E-state index contributed by atoms with van der Waals surface area (Å²) in [7, 11) is 0. The van der Waals surface area contributed by atoms with Gasteiger partial charge in [-0.25, -0.2) is 0 Å². The van der Waals surface area contributed by atoms with Crippen molar-refractivity contribution in [3.63, 3.8) is 0 Å². The van der Waals surface area contributed by atoms with E-state index in [1.165, 1.54) is 12.7 Å². The average molecular weight is 170 g/mol. The summed E-state index contributed by atoms with van der Waals surface area (Å²) in [6.07, 6.45) is 3.45. The van der Waals surface area contributed by atoms with Gasteiger partial charge >= 0.3 is 0 Å². The maximum Gasteiger partial charge on any atom is 0.116 e. The molecular formula is C7H14N4O. The molecule has 0 spiro atoms. The van der Waals surface area contributed by atoms with Crippen molar-refractivity contribution in [1.29, 1.82) is 0 Å². The van der Waals surface area contributed by atoms with Crippen LogP contribution in [0.25, 0.3) is 0 Å². The summed E-state index contributed by atoms with van der Waals surface area (Å²) in [5.41, 5.74) is 0. The van der Waals surface area contributed by atoms with E-state index in [0.29, 0.717) is 6.10 Å². The standard InChI is InChI=1S/C5H11NO.C2H3N3/c1-5-4-6-2-3-7-5;1-3-2-5-4-1/h5-6H,2-4H2,1H3;1-2H,(H,3,4,5). The lowest BCUT2D eigenvalue weighted by Gasteiger charge is -2.18. The fourth-order valence-corrected chi connectivity index (χ4v) is 0.863. The van der Waals surface area contributed by atoms with Crippen molar-refractivity contribution >= 4 is 0 Å². The number of hydrogen-bond donors (Lipinski definition) is 2. The van der Waals surface area contributed by atoms with Gasteiger partial charge in [-0.2, -0.15) is 0 Å². The number of hydrogen-bond acceptors (Lipinski definition) is 4. The zero-order valence-corrected chi connectivity index (χ0v) is 7.16. The highest BCUT2D eigenvalue weighted by Crippen LogP contribution is 1.91. The number of rotatable bonds is 0. The molecule has 1 fully saturated rings. The van der Waals surface area contributed by atoms with Crippen LogP contribution in [0.1, 0.15) is 6.92 Å². The van der Waals surface area contributed by atoms with E-state index < -0.39 is 0 Å². The number of aromatic nitrogens is 3. The molecule has 2 rings (SSSR count). The van der Waals surface area contributed by atoms with E-state index in [4.69, 9.17) is 4.74 Å². The molecule has 2 heterocycles. The lowest BCUT2D eigenvalue weighted by molar-refractivity contribution is 0.0410. The molecule has 1 aromatic heterocycles. The summed E-state index contributed by atoms with van der Waals surface area (Å²) >= 11 is 0. The topological polar surface area (TPSA) is 62.8 Å². The minimum atomic E-state index is 0.425. The second-order valence-corrected chi connectivity index (χ2v) is 2.54. The van der Waals surface area contributed by atoms with Crippen LogP contribution in [0.3, 0.4) is 0 Å². The minimum absolute atomic E-state index is 0.425. The van der Waals surface area contributed by atoms with E-state index in [2.05, 4.69) is 27.4 Å². The molecule has 0 aliphatic carbocycles. The second-order valence-electron chi connectivity index (χ2n) is 2.54. The van der Waals surface area contributed by atoms with Gasteiger partial charge in [0.05, 0.1) is 12.7 Å². The molecule has 1 aliphatic heterocycles. The van der Waals surface area contributed by atoms with Crippen molar-refractivity contribution in [2.45, 2.75) is 13.0 Å². The highest BCUT2D eigenvalue weighted by Gasteiger charge is 2.04. The Balaban J connectivity index is 0.000000127. The van der Waals surface area contributed by atoms with Crippen LogP contribution in [-0.2, 0) is 4.74 Å². The summed E-state index contributed by atoms with van der Waals surface area (Å²) in [4.78, 5) is 2.64. The summed E-state index contributed by atoms with van der Waals surface area (Å²) in [5, 5.41) is 10.0. The molecule has 0 bridgehead atoms. The summed E-state index contributed by atoms with van der Waals surface area (Å²) < 4.78 is 5.22. The van der Waals surface area contributed by atoms with Gasteiger partial charge in [0.25, 0.3) is 0 Å². The van der Waals surface area contributed by atoms with Crippen LogP contribution < -0.4 is 5.32 Å². The van der Waals surface area contributed by atoms with Gasteiger partial charge in [-0.15, -0.1) is 10.2 Å². The van der Waals surface area contributed by atoms with Crippen molar-refractivity contribution in [3.05, 3.63) is 12.7 Å². The first kappa shape index (κ1) is 9.15. The van der Waals surface area contributed by atoms with E-state index in [9.17, 15) is 0 Å². The minimum Gasteiger partial charge on any atom is -0.376 e. The Kier molecular flexibility index (Phi) is 4.33. The van der Waals surface area contributed by atoms with Crippen LogP contribution in [0.5, 0.6) is 0 Å². The molecule has 5 nitrogen and oxygen atoms in total. The maximum atomic E-state index is 5.22. The second kappa shape index (κ2) is 5.68. The Morgan fingerprint density at radius 3 is 2.42 bits per heavy atom. The molecule has 2 N–H and O–H groups in total. The van der Waals surface area contributed by atoms with Gasteiger partial charge in [-0.3, -0.25) is 0 Å². The Morgan fingerprint density at radius 2 is 2.17 bits per heavy atom. The fourth-order valence-electron chi connectivity index (χ4n) is 0.863. The summed E-state index contributed by atoms with van der Waals surface area (Å²) in [6.45, 7) is 4.98. The molecule has 1 aliphatic rings. The number of aromatic amines is 1. The van der Waals surface area contributed by atoms with Gasteiger partial charge in [-0.05, 0) is 6.92 Å². The van der Waals surface area contributed by atoms with Gasteiger partial charge in [0.15, 0.2) is 0 Å². The predicted molar refractivity (Wildman–Crippen MR) is 44.7 cm³/mol. The van der Waals surface area contributed by atoms with Gasteiger partial charge in [0.1, 0.15) is 12.7 Å². The third-order valence-electron chi connectivity index (χ3n) is 1.44. The molecule has 1 aromatic rings. The van der Waals surface area contributed by atoms with Crippen molar-refractivity contribution in [1.82, 2.24) is 20.5 Å². The van der Waals surface area contributed by atoms with Gasteiger partial charge in [0, 0.05) is 13.1 Å². The molecule has 68 valence electrons. The van der Waals surface area contributed by atoms with Gasteiger partial charge < -0.3 is 15.0 Å². The highest BCUT2D eigenvalue weighted by molar-refractivity contribution is 4.59. The van der Waals surface area contributed by atoms with Crippen molar-refractivity contribution < 1.29 is 4.74 Å². The van der Waals surface area contributed by atoms with Crippen LogP contribution in [0.15, 0.2) is 12.7 Å². The Morgan fingerprint density at radius 1 is 1.42 bits per heavy atom. The van der Waals surface area contributed by atoms with Crippen molar-refractivity contribution in [2.24, 2.45) is 0 Å². The first-order chi connectivity index (χ1) is 5.89. The highest BCUT2D eigenvalue weighted by atomic mass is 16.5. The SMILES string of the molecule is CC1CNCCO1.c1nnc[nH]1. The smallest absolute Gasteiger partial charge is 0.116 e. The van der Waals surface area contributed by atoms with Crippen LogP contribution >= 0.6 is 0 Å². The van der Waals surface area contributed by atoms with Crippen molar-refractivity contribution in [3.8, 4) is 0 Å². The van der Waals surface area contributed by atoms with E-state index in [1.54, 1.807) is 0 Å². The predicted octanol–water partition coefficient (Wildman–Crippen LogP) is -0.201. The summed E-state index contributed by atoms with van der Waals surface area (Å²) in [6, 6.07) is 0. The molecular weight excluding hydrogens is 156 g/mol. The van der Waals surface area contributed by atoms with E-state index in [-0.39, 0.29) is 0 Å². The third-order valence-corrected chi connectivity index (χ3v) is 1.44. The molecule has 0 radical (unpaired) electrons. The molecule has 1 unspecified atom stereocenters. The van der Waals surface area contributed by atoms with Crippen LogP contribution in [-0.4, -0.2) is 41.0 Å². The van der Waals surface area contributed by atoms with Crippen LogP contribution in [0.2, 0.25) is 0 Å². The largest absolute Gasteiger partial charge is 0.376 e. The Labute approximate surface area is 71.5 Å². The summed E-state index contributed by atoms with van der Waals surface area (Å²) in [5.74, 6) is 0. The zero-order chi connectivity index (χ0) is 8.65. The normalized spacial score (nSPS) is 22.6. The monoisotopic (exact) mass is 170 g/mol. The molecule has 0 amide bonds. The first-order valence-electron chi connectivity index (χ1n) is 4.01. The molecule has 1 atom stereocenters. The lowest BCUT2D eigenvalue weighted by Crippen LogP contribution is -2.36. The lowest BCUT2D eigenvalue weighted by atomic mass is 10.3. The molecule has 1 saturated heterocycles. The average Bonchev–Trinajstić information content (AvgIpc) is 2.62. The quantitative estimate of drug-likeness (QED) is 0.566. The zero-order valence-electron chi connectivity index (χ0n) is 7.16. The van der Waals surface area contributed by atoms with Gasteiger partial charge in [-0.1, -0.05) is 0 Å². The number of nitrogens with zero attached hydrogens (tertiary/aromatic N) is 2. The Bertz CT molecular complexity index is 154. The fraction of sp³-hybridized carbons (Fsp3) is 0.714. The number of ether oxygens (including phenoxy) is 1. The molecule has 12 heavy (non-hydrogen) atoms.